The van der Waals surface area contributed by atoms with Crippen LogP contribution in [-0.4, -0.2) is 8.42 Å². The second kappa shape index (κ2) is 5.08. The Morgan fingerprint density at radius 2 is 2.00 bits per heavy atom. The van der Waals surface area contributed by atoms with Gasteiger partial charge < -0.3 is 5.73 Å². The molecule has 18 heavy (non-hydrogen) atoms. The van der Waals surface area contributed by atoms with E-state index in [4.69, 9.17) is 17.3 Å². The molecule has 1 aromatic carbocycles. The van der Waals surface area contributed by atoms with Crippen LogP contribution in [0.15, 0.2) is 38.3 Å². The molecule has 2 rings (SSSR count). The number of hydrogen-bond donors (Lipinski definition) is 2. The van der Waals surface area contributed by atoms with Crippen LogP contribution in [0.5, 0.6) is 0 Å². The van der Waals surface area contributed by atoms with Crippen molar-refractivity contribution in [2.24, 2.45) is 0 Å². The van der Waals surface area contributed by atoms with Gasteiger partial charge in [-0.15, -0.1) is 11.3 Å². The van der Waals surface area contributed by atoms with Gasteiger partial charge in [0, 0.05) is 5.02 Å². The Kier molecular flexibility index (Phi) is 3.86. The molecule has 0 aliphatic heterocycles. The van der Waals surface area contributed by atoms with Gasteiger partial charge in [-0.05, 0) is 46.3 Å². The number of halogens is 2. The van der Waals surface area contributed by atoms with Gasteiger partial charge in [0.2, 0.25) is 0 Å². The third-order valence-electron chi connectivity index (χ3n) is 2.07. The van der Waals surface area contributed by atoms with Crippen molar-refractivity contribution in [2.45, 2.75) is 4.21 Å². The summed E-state index contributed by atoms with van der Waals surface area (Å²) >= 11 is 10.1. The fourth-order valence-corrected chi connectivity index (χ4v) is 4.51. The van der Waals surface area contributed by atoms with Gasteiger partial charge in [0.25, 0.3) is 10.0 Å². The summed E-state index contributed by atoms with van der Waals surface area (Å²) < 4.78 is 27.5. The van der Waals surface area contributed by atoms with Crippen LogP contribution in [0.3, 0.4) is 0 Å². The van der Waals surface area contributed by atoms with E-state index in [0.717, 1.165) is 15.1 Å². The van der Waals surface area contributed by atoms with Crippen molar-refractivity contribution >= 4 is 60.3 Å². The van der Waals surface area contributed by atoms with Crippen LogP contribution < -0.4 is 10.5 Å². The summed E-state index contributed by atoms with van der Waals surface area (Å²) in [5.74, 6) is 0. The molecule has 2 aromatic rings. The van der Waals surface area contributed by atoms with Crippen molar-refractivity contribution in [3.05, 3.63) is 39.1 Å². The fraction of sp³-hybridized carbons (Fsp3) is 0. The smallest absolute Gasteiger partial charge is 0.271 e. The number of hydrogen-bond acceptors (Lipinski definition) is 4. The molecule has 96 valence electrons. The van der Waals surface area contributed by atoms with Gasteiger partial charge in [-0.1, -0.05) is 11.6 Å². The first-order valence-corrected chi connectivity index (χ1v) is 8.19. The quantitative estimate of drug-likeness (QED) is 0.815. The van der Waals surface area contributed by atoms with Crippen molar-refractivity contribution in [1.29, 1.82) is 0 Å². The van der Waals surface area contributed by atoms with Crippen LogP contribution in [0, 0.1) is 0 Å². The molecule has 0 unspecified atom stereocenters. The average Bonchev–Trinajstić information content (AvgIpc) is 2.71. The molecular formula is C10H8BrClN2O2S2. The van der Waals surface area contributed by atoms with Gasteiger partial charge >= 0.3 is 0 Å². The first-order chi connectivity index (χ1) is 8.38. The lowest BCUT2D eigenvalue weighted by Gasteiger charge is -2.09. The maximum Gasteiger partial charge on any atom is 0.271 e. The van der Waals surface area contributed by atoms with Crippen molar-refractivity contribution in [3.8, 4) is 0 Å². The van der Waals surface area contributed by atoms with E-state index >= 15 is 0 Å². The Morgan fingerprint density at radius 3 is 2.61 bits per heavy atom. The molecule has 0 radical (unpaired) electrons. The number of thiophene rings is 1. The monoisotopic (exact) mass is 366 g/mol. The Bertz CT molecular complexity index is 685. The van der Waals surface area contributed by atoms with Crippen molar-refractivity contribution in [2.75, 3.05) is 10.5 Å². The summed E-state index contributed by atoms with van der Waals surface area (Å²) in [5.41, 5.74) is 6.28. The van der Waals surface area contributed by atoms with E-state index in [1.807, 2.05) is 0 Å². The summed E-state index contributed by atoms with van der Waals surface area (Å²) in [5, 5.41) is 0.411. The van der Waals surface area contributed by atoms with E-state index < -0.39 is 10.0 Å². The Balaban J connectivity index is 2.36. The normalized spacial score (nSPS) is 11.4. The van der Waals surface area contributed by atoms with Gasteiger partial charge in [-0.2, -0.15) is 0 Å². The number of rotatable bonds is 3. The number of nitrogens with one attached hydrogen (secondary N) is 1. The van der Waals surface area contributed by atoms with E-state index in [1.165, 1.54) is 12.1 Å². The van der Waals surface area contributed by atoms with Crippen molar-refractivity contribution < 1.29 is 8.42 Å². The Morgan fingerprint density at radius 1 is 1.28 bits per heavy atom. The van der Waals surface area contributed by atoms with Crippen molar-refractivity contribution in [3.63, 3.8) is 0 Å². The van der Waals surface area contributed by atoms with Crippen LogP contribution >= 0.6 is 38.9 Å². The second-order valence-corrected chi connectivity index (χ2v) is 8.20. The Hall–Kier alpha value is -0.760. The molecule has 1 heterocycles. The van der Waals surface area contributed by atoms with Gasteiger partial charge in [0.15, 0.2) is 0 Å². The third-order valence-corrected chi connectivity index (χ3v) is 5.79. The number of nitrogens with two attached hydrogens (primary N) is 1. The van der Waals surface area contributed by atoms with Crippen molar-refractivity contribution in [1.82, 2.24) is 0 Å². The minimum Gasteiger partial charge on any atom is -0.397 e. The molecule has 0 saturated carbocycles. The van der Waals surface area contributed by atoms with Crippen LogP contribution in [0.1, 0.15) is 0 Å². The molecule has 8 heteroatoms. The zero-order chi connectivity index (χ0) is 13.3. The Labute approximate surface area is 122 Å². The highest BCUT2D eigenvalue weighted by Gasteiger charge is 2.17. The number of nitrogen functional groups attached to an aromatic ring is 1. The lowest BCUT2D eigenvalue weighted by molar-refractivity contribution is 0.603. The molecule has 0 aliphatic rings. The van der Waals surface area contributed by atoms with Gasteiger partial charge in [-0.25, -0.2) is 8.42 Å². The van der Waals surface area contributed by atoms with E-state index in [-0.39, 0.29) is 9.90 Å². The standard InChI is InChI=1S/C10H8BrClN2O2S2/c11-9-3-4-10(17-9)18(15,16)14-8-5-6(12)1-2-7(8)13/h1-5,14H,13H2. The molecule has 0 spiro atoms. The predicted octanol–water partition coefficient (Wildman–Crippen LogP) is 3.55. The molecule has 0 fully saturated rings. The maximum atomic E-state index is 12.1. The first kappa shape index (κ1) is 13.7. The molecule has 0 saturated heterocycles. The molecule has 1 aromatic heterocycles. The van der Waals surface area contributed by atoms with Crippen LogP contribution in [-0.2, 0) is 10.0 Å². The summed E-state index contributed by atoms with van der Waals surface area (Å²) in [4.78, 5) is 0. The fourth-order valence-electron chi connectivity index (χ4n) is 1.25. The molecule has 0 bridgehead atoms. The molecule has 0 amide bonds. The number of anilines is 2. The summed E-state index contributed by atoms with van der Waals surface area (Å²) in [7, 11) is -3.63. The third kappa shape index (κ3) is 2.97. The van der Waals surface area contributed by atoms with E-state index in [1.54, 1.807) is 18.2 Å². The number of sulfonamides is 1. The molecule has 0 aliphatic carbocycles. The molecular weight excluding hydrogens is 360 g/mol. The van der Waals surface area contributed by atoms with E-state index in [9.17, 15) is 8.42 Å². The lowest BCUT2D eigenvalue weighted by atomic mass is 10.3. The summed E-state index contributed by atoms with van der Waals surface area (Å²) in [6.45, 7) is 0. The summed E-state index contributed by atoms with van der Waals surface area (Å²) in [6, 6.07) is 7.79. The summed E-state index contributed by atoms with van der Waals surface area (Å²) in [6.07, 6.45) is 0. The van der Waals surface area contributed by atoms with E-state index in [0.29, 0.717) is 10.7 Å². The van der Waals surface area contributed by atoms with E-state index in [2.05, 4.69) is 20.7 Å². The highest BCUT2D eigenvalue weighted by Crippen LogP contribution is 2.30. The van der Waals surface area contributed by atoms with Crippen LogP contribution in [0.4, 0.5) is 11.4 Å². The first-order valence-electron chi connectivity index (χ1n) is 4.72. The van der Waals surface area contributed by atoms with Crippen LogP contribution in [0.25, 0.3) is 0 Å². The maximum absolute atomic E-state index is 12.1. The lowest BCUT2D eigenvalue weighted by Crippen LogP contribution is -2.12. The van der Waals surface area contributed by atoms with Gasteiger partial charge in [-0.3, -0.25) is 4.72 Å². The highest BCUT2D eigenvalue weighted by atomic mass is 79.9. The topological polar surface area (TPSA) is 72.2 Å². The largest absolute Gasteiger partial charge is 0.397 e. The average molecular weight is 368 g/mol. The number of benzene rings is 1. The van der Waals surface area contributed by atoms with Crippen LogP contribution in [0.2, 0.25) is 5.02 Å². The van der Waals surface area contributed by atoms with Gasteiger partial charge in [0.05, 0.1) is 15.2 Å². The van der Waals surface area contributed by atoms with Gasteiger partial charge in [0.1, 0.15) is 4.21 Å². The highest BCUT2D eigenvalue weighted by molar-refractivity contribution is 9.11. The molecule has 0 atom stereocenters. The zero-order valence-electron chi connectivity index (χ0n) is 8.85. The minimum atomic E-state index is -3.63. The zero-order valence-corrected chi connectivity index (χ0v) is 12.8. The molecule has 3 N–H and O–H groups in total. The minimum absolute atomic E-state index is 0.203. The second-order valence-electron chi connectivity index (χ2n) is 3.40. The molecule has 4 nitrogen and oxygen atoms in total. The SMILES string of the molecule is Nc1ccc(Cl)cc1NS(=O)(=O)c1ccc(Br)s1. The predicted molar refractivity (Wildman–Crippen MR) is 78.7 cm³/mol.